The van der Waals surface area contributed by atoms with Gasteiger partial charge in [0.05, 0.1) is 28.3 Å². The number of aromatic nitrogens is 2. The summed E-state index contributed by atoms with van der Waals surface area (Å²) in [5, 5.41) is 17.8. The monoisotopic (exact) mass is 492 g/mol. The number of nitrogens with two attached hydrogens (primary N) is 1. The van der Waals surface area contributed by atoms with E-state index in [9.17, 15) is 14.7 Å². The number of rotatable bonds is 8. The molecule has 0 fully saturated rings. The van der Waals surface area contributed by atoms with E-state index >= 15 is 0 Å². The van der Waals surface area contributed by atoms with Crippen LogP contribution in [-0.2, 0) is 27.9 Å². The van der Waals surface area contributed by atoms with E-state index in [1.165, 1.54) is 17.4 Å². The highest BCUT2D eigenvalue weighted by Crippen LogP contribution is 2.42. The smallest absolute Gasteiger partial charge is 0.341 e. The number of thioether (sulfide) groups is 1. The van der Waals surface area contributed by atoms with Gasteiger partial charge in [0.25, 0.3) is 0 Å². The van der Waals surface area contributed by atoms with Crippen molar-refractivity contribution in [3.8, 4) is 5.88 Å². The van der Waals surface area contributed by atoms with Gasteiger partial charge < -0.3 is 20.5 Å². The number of quaternary nitrogens is 1. The number of esters is 1. The van der Waals surface area contributed by atoms with E-state index in [1.807, 2.05) is 6.92 Å². The molecule has 1 aliphatic heterocycles. The van der Waals surface area contributed by atoms with Gasteiger partial charge in [-0.2, -0.15) is 0 Å². The summed E-state index contributed by atoms with van der Waals surface area (Å²) in [6.45, 7) is 12.6. The molecule has 3 heterocycles. The number of thiophene rings is 1. The maximum Gasteiger partial charge on any atom is 0.341 e. The summed E-state index contributed by atoms with van der Waals surface area (Å²) >= 11 is 2.54. The molecule has 2 aromatic heterocycles. The number of aryl methyl sites for hydroxylation is 1. The molecule has 0 bridgehead atoms. The van der Waals surface area contributed by atoms with Gasteiger partial charge in [-0.05, 0) is 58.5 Å². The number of nitrogens with zero attached hydrogens (tertiary/aromatic N) is 2. The zero-order chi connectivity index (χ0) is 24.4. The zero-order valence-corrected chi connectivity index (χ0v) is 21.7. The van der Waals surface area contributed by atoms with E-state index in [2.05, 4.69) is 48.3 Å². The van der Waals surface area contributed by atoms with Crippen LogP contribution in [0.25, 0.3) is 0 Å². The Morgan fingerprint density at radius 2 is 2.00 bits per heavy atom. The zero-order valence-electron chi connectivity index (χ0n) is 20.0. The first kappa shape index (κ1) is 25.5. The molecule has 0 spiro atoms. The molecule has 2 aromatic rings. The minimum atomic E-state index is -0.418. The number of anilines is 1. The van der Waals surface area contributed by atoms with Crippen molar-refractivity contribution in [3.63, 3.8) is 0 Å². The van der Waals surface area contributed by atoms with Gasteiger partial charge in [-0.15, -0.1) is 11.3 Å². The van der Waals surface area contributed by atoms with Gasteiger partial charge in [0, 0.05) is 12.1 Å². The Labute approximate surface area is 202 Å². The molecular formula is C23H32N4O4S2. The van der Waals surface area contributed by atoms with Crippen LogP contribution in [0.4, 0.5) is 5.00 Å². The predicted octanol–water partition coefficient (Wildman–Crippen LogP) is 2.60. The summed E-state index contributed by atoms with van der Waals surface area (Å²) < 4.78 is 5.34. The predicted molar refractivity (Wildman–Crippen MR) is 128 cm³/mol. The molecule has 0 atom stereocenters. The second-order valence-corrected chi connectivity index (χ2v) is 11.4. The number of fused-ring (bicyclic) bond motifs is 1. The first-order valence-corrected chi connectivity index (χ1v) is 12.9. The fourth-order valence-electron chi connectivity index (χ4n) is 4.40. The topological polar surface area (TPSA) is 121 Å². The number of hydrogen-bond donors (Lipinski definition) is 2. The molecule has 10 heteroatoms. The molecule has 3 N–H and O–H groups in total. The van der Waals surface area contributed by atoms with Gasteiger partial charge in [0.15, 0.2) is 5.16 Å². The molecule has 0 saturated carbocycles. The average Bonchev–Trinajstić information content (AvgIpc) is 3.03. The molecule has 0 radical (unpaired) electrons. The Bertz CT molecular complexity index is 1050. The van der Waals surface area contributed by atoms with Crippen molar-refractivity contribution in [2.45, 2.75) is 77.0 Å². The molecule has 0 saturated heterocycles. The summed E-state index contributed by atoms with van der Waals surface area (Å²) in [5.41, 5.74) is 1.75. The fraction of sp³-hybridized carbons (Fsp3) is 0.565. The van der Waals surface area contributed by atoms with Crippen LogP contribution in [0.15, 0.2) is 11.2 Å². The lowest BCUT2D eigenvalue weighted by Crippen LogP contribution is -3.03. The van der Waals surface area contributed by atoms with Crippen LogP contribution < -0.4 is 15.7 Å². The molecule has 180 valence electrons. The largest absolute Gasteiger partial charge is 0.858 e. The third-order valence-corrected chi connectivity index (χ3v) is 7.62. The Morgan fingerprint density at radius 3 is 2.67 bits per heavy atom. The third kappa shape index (κ3) is 6.04. The molecule has 0 aliphatic carbocycles. The van der Waals surface area contributed by atoms with Crippen LogP contribution in [0.3, 0.4) is 0 Å². The van der Waals surface area contributed by atoms with Crippen LogP contribution in [0.1, 0.15) is 74.5 Å². The van der Waals surface area contributed by atoms with Gasteiger partial charge in [0.1, 0.15) is 10.5 Å². The Hall–Kier alpha value is -2.17. The molecule has 0 aromatic carbocycles. The molecule has 1 amide bonds. The highest BCUT2D eigenvalue weighted by Gasteiger charge is 2.45. The minimum Gasteiger partial charge on any atom is -0.858 e. The molecule has 1 aliphatic rings. The van der Waals surface area contributed by atoms with Crippen molar-refractivity contribution in [3.05, 3.63) is 27.8 Å². The standard InChI is InChI=1S/C23H32N4O4S2/c1-7-9-13-10-15(28)26-21(24-13)32-12-16(29)25-19-17(20(30)31-8-2)14-11-22(3,4)27-23(5,6)18(14)33-19/h10,27H,7-9,11-12H2,1-6H3,(H,25,29)(H,24,26,28). The summed E-state index contributed by atoms with van der Waals surface area (Å²) in [7, 11) is 0. The summed E-state index contributed by atoms with van der Waals surface area (Å²) in [6, 6.07) is 1.43. The van der Waals surface area contributed by atoms with Crippen molar-refractivity contribution in [2.24, 2.45) is 0 Å². The van der Waals surface area contributed by atoms with Crippen molar-refractivity contribution in [1.29, 1.82) is 0 Å². The molecule has 0 unspecified atom stereocenters. The maximum atomic E-state index is 12.9. The molecular weight excluding hydrogens is 460 g/mol. The van der Waals surface area contributed by atoms with E-state index in [0.29, 0.717) is 29.1 Å². The number of amides is 1. The maximum absolute atomic E-state index is 12.9. The normalized spacial score (nSPS) is 16.2. The minimum absolute atomic E-state index is 0.0286. The SMILES string of the molecule is CCCc1cc([O-])nc(SCC(=O)Nc2sc3c(c2C(=O)OCC)CC(C)(C)[NH2+]C3(C)C)n1. The number of hydrogen-bond acceptors (Lipinski definition) is 8. The molecule has 8 nitrogen and oxygen atoms in total. The Morgan fingerprint density at radius 1 is 1.27 bits per heavy atom. The first-order chi connectivity index (χ1) is 15.5. The lowest BCUT2D eigenvalue weighted by atomic mass is 9.81. The van der Waals surface area contributed by atoms with Gasteiger partial charge in [-0.3, -0.25) is 4.79 Å². The van der Waals surface area contributed by atoms with Crippen LogP contribution in [0.5, 0.6) is 5.88 Å². The second-order valence-electron chi connectivity index (χ2n) is 9.43. The number of carbonyl (C=O) groups excluding carboxylic acids is 2. The van der Waals surface area contributed by atoms with Crippen LogP contribution >= 0.6 is 23.1 Å². The first-order valence-electron chi connectivity index (χ1n) is 11.1. The van der Waals surface area contributed by atoms with Gasteiger partial charge >= 0.3 is 5.97 Å². The van der Waals surface area contributed by atoms with Gasteiger partial charge in [0.2, 0.25) is 5.91 Å². The van der Waals surface area contributed by atoms with E-state index in [0.717, 1.165) is 28.6 Å². The second kappa shape index (κ2) is 9.99. The highest BCUT2D eigenvalue weighted by atomic mass is 32.2. The van der Waals surface area contributed by atoms with E-state index in [-0.39, 0.29) is 40.4 Å². The van der Waals surface area contributed by atoms with E-state index < -0.39 is 5.97 Å². The molecule has 3 rings (SSSR count). The van der Waals surface area contributed by atoms with Crippen molar-refractivity contribution < 1.29 is 24.7 Å². The number of carbonyl (C=O) groups is 2. The fourth-order valence-corrected chi connectivity index (χ4v) is 6.37. The summed E-state index contributed by atoms with van der Waals surface area (Å²) in [5.74, 6) is -1.03. The van der Waals surface area contributed by atoms with Gasteiger partial charge in [-0.1, -0.05) is 25.1 Å². The third-order valence-electron chi connectivity index (χ3n) is 5.28. The van der Waals surface area contributed by atoms with Crippen LogP contribution in [0, 0.1) is 0 Å². The summed E-state index contributed by atoms with van der Waals surface area (Å²) in [6.07, 6.45) is 2.25. The summed E-state index contributed by atoms with van der Waals surface area (Å²) in [4.78, 5) is 35.0. The van der Waals surface area contributed by atoms with Crippen molar-refractivity contribution in [2.75, 3.05) is 17.7 Å². The van der Waals surface area contributed by atoms with E-state index in [1.54, 1.807) is 6.92 Å². The lowest BCUT2D eigenvalue weighted by Gasteiger charge is -2.38. The van der Waals surface area contributed by atoms with Crippen molar-refractivity contribution in [1.82, 2.24) is 9.97 Å². The van der Waals surface area contributed by atoms with Gasteiger partial charge in [-0.25, -0.2) is 14.8 Å². The van der Waals surface area contributed by atoms with Crippen LogP contribution in [-0.4, -0.2) is 39.7 Å². The van der Waals surface area contributed by atoms with Crippen molar-refractivity contribution >= 4 is 40.0 Å². The number of nitrogens with one attached hydrogen (secondary N) is 1. The Kier molecular flexibility index (Phi) is 7.70. The van der Waals surface area contributed by atoms with Crippen LogP contribution in [0.2, 0.25) is 0 Å². The lowest BCUT2D eigenvalue weighted by molar-refractivity contribution is -0.789. The quantitative estimate of drug-likeness (QED) is 0.330. The van der Waals surface area contributed by atoms with E-state index in [4.69, 9.17) is 4.74 Å². The Balaban J connectivity index is 1.84. The molecule has 33 heavy (non-hydrogen) atoms. The number of ether oxygens (including phenoxy) is 1. The average molecular weight is 493 g/mol. The highest BCUT2D eigenvalue weighted by molar-refractivity contribution is 7.99.